The van der Waals surface area contributed by atoms with Crippen molar-refractivity contribution >= 4 is 11.7 Å². The SMILES string of the molecule is CC(C)C(=O)NC1CCC12CCC(C(=O)CCN1CCN(C(C)C)CC1)CC2. The Balaban J connectivity index is 1.38. The smallest absolute Gasteiger partial charge is 0.222 e. The molecule has 3 fully saturated rings. The molecule has 5 heteroatoms. The molecule has 2 aliphatic carbocycles. The van der Waals surface area contributed by atoms with Crippen LogP contribution in [0.2, 0.25) is 0 Å². The van der Waals surface area contributed by atoms with Gasteiger partial charge in [-0.2, -0.15) is 0 Å². The van der Waals surface area contributed by atoms with Crippen LogP contribution in [0.5, 0.6) is 0 Å². The van der Waals surface area contributed by atoms with Crippen LogP contribution in [0, 0.1) is 17.3 Å². The molecule has 1 spiro atoms. The van der Waals surface area contributed by atoms with E-state index in [4.69, 9.17) is 0 Å². The van der Waals surface area contributed by atoms with Crippen molar-refractivity contribution in [1.82, 2.24) is 15.1 Å². The van der Waals surface area contributed by atoms with Crippen molar-refractivity contribution in [3.05, 3.63) is 0 Å². The van der Waals surface area contributed by atoms with Crippen LogP contribution in [0.25, 0.3) is 0 Å². The molecule has 2 saturated carbocycles. The van der Waals surface area contributed by atoms with E-state index in [1.807, 2.05) is 13.8 Å². The number of hydrogen-bond acceptors (Lipinski definition) is 4. The molecular formula is C23H41N3O2. The van der Waals surface area contributed by atoms with Crippen LogP contribution in [-0.4, -0.2) is 66.3 Å². The van der Waals surface area contributed by atoms with Crippen molar-refractivity contribution in [2.45, 2.75) is 84.7 Å². The number of nitrogens with zero attached hydrogens (tertiary/aromatic N) is 2. The standard InChI is InChI=1S/C23H41N3O2/c1-17(2)22(28)24-21-7-11-23(21)9-5-19(6-10-23)20(27)8-12-25-13-15-26(16-14-25)18(3)4/h17-19,21H,5-16H2,1-4H3,(H,24,28). The zero-order valence-corrected chi connectivity index (χ0v) is 18.5. The first-order chi connectivity index (χ1) is 13.3. The highest BCUT2D eigenvalue weighted by Gasteiger charge is 2.49. The van der Waals surface area contributed by atoms with Crippen molar-refractivity contribution in [2.24, 2.45) is 17.3 Å². The average Bonchev–Trinajstić information content (AvgIpc) is 2.69. The van der Waals surface area contributed by atoms with Crippen LogP contribution in [-0.2, 0) is 9.59 Å². The topological polar surface area (TPSA) is 52.7 Å². The van der Waals surface area contributed by atoms with Crippen LogP contribution < -0.4 is 5.32 Å². The van der Waals surface area contributed by atoms with Gasteiger partial charge in [0.25, 0.3) is 0 Å². The molecule has 28 heavy (non-hydrogen) atoms. The molecule has 1 aliphatic heterocycles. The second kappa shape index (κ2) is 9.25. The molecule has 0 aromatic heterocycles. The molecule has 5 nitrogen and oxygen atoms in total. The largest absolute Gasteiger partial charge is 0.353 e. The van der Waals surface area contributed by atoms with Gasteiger partial charge in [-0.1, -0.05) is 13.8 Å². The van der Waals surface area contributed by atoms with Gasteiger partial charge in [-0.3, -0.25) is 14.5 Å². The van der Waals surface area contributed by atoms with Gasteiger partial charge in [0.1, 0.15) is 5.78 Å². The lowest BCUT2D eigenvalue weighted by atomic mass is 9.55. The number of carbonyl (C=O) groups excluding carboxylic acids is 2. The van der Waals surface area contributed by atoms with Gasteiger partial charge in [0.05, 0.1) is 0 Å². The number of Topliss-reactive ketones (excluding diaryl/α,β-unsaturated/α-hetero) is 1. The Labute approximate surface area is 171 Å². The highest BCUT2D eigenvalue weighted by molar-refractivity contribution is 5.81. The summed E-state index contributed by atoms with van der Waals surface area (Å²) in [5, 5.41) is 3.27. The Morgan fingerprint density at radius 3 is 2.07 bits per heavy atom. The number of nitrogens with one attached hydrogen (secondary N) is 1. The summed E-state index contributed by atoms with van der Waals surface area (Å²) < 4.78 is 0. The fourth-order valence-electron chi connectivity index (χ4n) is 5.35. The molecule has 0 radical (unpaired) electrons. The molecule has 1 N–H and O–H groups in total. The molecule has 0 bridgehead atoms. The minimum Gasteiger partial charge on any atom is -0.353 e. The molecule has 3 aliphatic rings. The highest BCUT2D eigenvalue weighted by Crippen LogP contribution is 2.53. The summed E-state index contributed by atoms with van der Waals surface area (Å²) in [5.74, 6) is 0.964. The molecule has 3 rings (SSSR count). The van der Waals surface area contributed by atoms with E-state index in [-0.39, 0.29) is 23.2 Å². The Bertz CT molecular complexity index is 544. The van der Waals surface area contributed by atoms with Crippen LogP contribution in [0.3, 0.4) is 0 Å². The summed E-state index contributed by atoms with van der Waals surface area (Å²) in [6.45, 7) is 13.8. The zero-order chi connectivity index (χ0) is 20.3. The maximum absolute atomic E-state index is 12.8. The van der Waals surface area contributed by atoms with Gasteiger partial charge in [-0.25, -0.2) is 0 Å². The van der Waals surface area contributed by atoms with Gasteiger partial charge < -0.3 is 10.2 Å². The molecule has 1 heterocycles. The fourth-order valence-corrected chi connectivity index (χ4v) is 5.35. The Morgan fingerprint density at radius 2 is 1.57 bits per heavy atom. The van der Waals surface area contributed by atoms with Crippen LogP contribution in [0.4, 0.5) is 0 Å². The lowest BCUT2D eigenvalue weighted by molar-refractivity contribution is -0.131. The van der Waals surface area contributed by atoms with Crippen molar-refractivity contribution in [2.75, 3.05) is 32.7 Å². The zero-order valence-electron chi connectivity index (χ0n) is 18.5. The molecule has 0 aromatic carbocycles. The normalized spacial score (nSPS) is 31.9. The van der Waals surface area contributed by atoms with Gasteiger partial charge in [0.15, 0.2) is 0 Å². The van der Waals surface area contributed by atoms with Gasteiger partial charge in [-0.15, -0.1) is 0 Å². The number of carbonyl (C=O) groups is 2. The lowest BCUT2D eigenvalue weighted by Gasteiger charge is -2.53. The van der Waals surface area contributed by atoms with Crippen LogP contribution in [0.1, 0.15) is 72.6 Å². The number of amides is 1. The Morgan fingerprint density at radius 1 is 0.964 bits per heavy atom. The highest BCUT2D eigenvalue weighted by atomic mass is 16.2. The third-order valence-corrected chi connectivity index (χ3v) is 7.76. The number of hydrogen-bond donors (Lipinski definition) is 1. The lowest BCUT2D eigenvalue weighted by Crippen LogP contribution is -2.57. The van der Waals surface area contributed by atoms with Gasteiger partial charge >= 0.3 is 0 Å². The van der Waals surface area contributed by atoms with E-state index >= 15 is 0 Å². The average molecular weight is 392 g/mol. The first-order valence-electron chi connectivity index (χ1n) is 11.6. The predicted molar refractivity (Wildman–Crippen MR) is 113 cm³/mol. The van der Waals surface area contributed by atoms with Crippen molar-refractivity contribution < 1.29 is 9.59 Å². The van der Waals surface area contributed by atoms with E-state index in [0.717, 1.165) is 64.8 Å². The van der Waals surface area contributed by atoms with Crippen molar-refractivity contribution in [3.8, 4) is 0 Å². The molecule has 1 unspecified atom stereocenters. The quantitative estimate of drug-likeness (QED) is 0.725. The number of piperazine rings is 1. The Hall–Kier alpha value is -0.940. The summed E-state index contributed by atoms with van der Waals surface area (Å²) in [7, 11) is 0. The van der Waals surface area contributed by atoms with E-state index in [0.29, 0.717) is 24.3 Å². The number of rotatable bonds is 7. The van der Waals surface area contributed by atoms with E-state index in [1.165, 1.54) is 6.42 Å². The van der Waals surface area contributed by atoms with Gasteiger partial charge in [0, 0.05) is 63.1 Å². The molecule has 160 valence electrons. The van der Waals surface area contributed by atoms with Crippen molar-refractivity contribution in [3.63, 3.8) is 0 Å². The molecule has 1 amide bonds. The summed E-state index contributed by atoms with van der Waals surface area (Å²) >= 11 is 0. The summed E-state index contributed by atoms with van der Waals surface area (Å²) in [6, 6.07) is 0.967. The third-order valence-electron chi connectivity index (χ3n) is 7.76. The predicted octanol–water partition coefficient (Wildman–Crippen LogP) is 3.08. The van der Waals surface area contributed by atoms with E-state index in [2.05, 4.69) is 29.0 Å². The van der Waals surface area contributed by atoms with Crippen molar-refractivity contribution in [1.29, 1.82) is 0 Å². The third kappa shape index (κ3) is 4.96. The maximum atomic E-state index is 12.8. The van der Waals surface area contributed by atoms with E-state index < -0.39 is 0 Å². The Kier molecular flexibility index (Phi) is 7.19. The van der Waals surface area contributed by atoms with E-state index in [9.17, 15) is 9.59 Å². The van der Waals surface area contributed by atoms with Gasteiger partial charge in [0.2, 0.25) is 5.91 Å². The molecule has 1 atom stereocenters. The van der Waals surface area contributed by atoms with Gasteiger partial charge in [-0.05, 0) is 57.8 Å². The summed E-state index contributed by atoms with van der Waals surface area (Å²) in [6.07, 6.45) is 7.31. The molecular weight excluding hydrogens is 350 g/mol. The minimum atomic E-state index is 0.0537. The summed E-state index contributed by atoms with van der Waals surface area (Å²) in [4.78, 5) is 29.8. The first-order valence-corrected chi connectivity index (χ1v) is 11.6. The molecule has 0 aromatic rings. The summed E-state index contributed by atoms with van der Waals surface area (Å²) in [5.41, 5.74) is 0.286. The minimum absolute atomic E-state index is 0.0537. The second-order valence-electron chi connectivity index (χ2n) is 10.1. The van der Waals surface area contributed by atoms with E-state index in [1.54, 1.807) is 0 Å². The fraction of sp³-hybridized carbons (Fsp3) is 0.913. The number of ketones is 1. The second-order valence-corrected chi connectivity index (χ2v) is 10.1. The molecule has 1 saturated heterocycles. The monoisotopic (exact) mass is 391 g/mol. The van der Waals surface area contributed by atoms with Crippen LogP contribution in [0.15, 0.2) is 0 Å². The van der Waals surface area contributed by atoms with Crippen LogP contribution >= 0.6 is 0 Å². The maximum Gasteiger partial charge on any atom is 0.222 e. The first kappa shape index (κ1) is 21.8.